The van der Waals surface area contributed by atoms with Crippen LogP contribution in [-0.4, -0.2) is 16.5 Å². The Bertz CT molecular complexity index is 96.1. The average molecular weight is 528 g/mol. The van der Waals surface area contributed by atoms with Crippen molar-refractivity contribution in [2.24, 2.45) is 0 Å². The molecule has 0 bridgehead atoms. The number of rotatable bonds is 1. The largest absolute Gasteiger partial charge is 0.390 e. The average Bonchev–Trinajstić information content (AvgIpc) is 1.90. The summed E-state index contributed by atoms with van der Waals surface area (Å²) in [5.74, 6) is 0.167. The number of hydrogen-bond donors (Lipinski definition) is 1. The molecule has 84 valence electrons. The molecule has 0 aromatic carbocycles. The quantitative estimate of drug-likeness (QED) is 0.520. The Morgan fingerprint density at radius 2 is 1.38 bits per heavy atom. The normalized spacial score (nSPS) is 8.00. The SMILES string of the molecule is CC(C)=O.CCC(C)(C)O.I.II. The first kappa shape index (κ1) is 24.2. The molecule has 0 aromatic heterocycles. The third-order valence-corrected chi connectivity index (χ3v) is 0.865. The molecule has 0 aliphatic carbocycles. The molecule has 0 atom stereocenters. The summed E-state index contributed by atoms with van der Waals surface area (Å²) >= 11 is 4.24. The zero-order chi connectivity index (χ0) is 10.8. The first-order chi connectivity index (χ1) is 5.29. The van der Waals surface area contributed by atoms with E-state index in [2.05, 4.69) is 37.2 Å². The first-order valence-corrected chi connectivity index (χ1v) is 9.92. The van der Waals surface area contributed by atoms with Gasteiger partial charge >= 0.3 is 0 Å². The zero-order valence-electron chi connectivity index (χ0n) is 8.73. The van der Waals surface area contributed by atoms with Crippen LogP contribution in [0.1, 0.15) is 41.0 Å². The van der Waals surface area contributed by atoms with E-state index in [0.29, 0.717) is 0 Å². The topological polar surface area (TPSA) is 37.3 Å². The molecule has 0 heterocycles. The van der Waals surface area contributed by atoms with Gasteiger partial charge in [0.15, 0.2) is 0 Å². The molecule has 0 saturated carbocycles. The summed E-state index contributed by atoms with van der Waals surface area (Å²) in [6.45, 7) is 8.61. The lowest BCUT2D eigenvalue weighted by atomic mass is 10.1. The number of carbonyl (C=O) groups excluding carboxylic acids is 1. The van der Waals surface area contributed by atoms with Gasteiger partial charge in [0.2, 0.25) is 0 Å². The van der Waals surface area contributed by atoms with Crippen LogP contribution in [0.3, 0.4) is 0 Å². The number of Topliss-reactive ketones (excluding diaryl/α,β-unsaturated/α-hetero) is 1. The molecular formula is C8H19I3O2. The smallest absolute Gasteiger partial charge is 0.126 e. The molecule has 0 spiro atoms. The minimum atomic E-state index is -0.458. The number of ketones is 1. The van der Waals surface area contributed by atoms with Crippen molar-refractivity contribution in [2.75, 3.05) is 0 Å². The molecule has 0 aromatic rings. The summed E-state index contributed by atoms with van der Waals surface area (Å²) in [6.07, 6.45) is 0.826. The van der Waals surface area contributed by atoms with Crippen LogP contribution in [0.2, 0.25) is 0 Å². The van der Waals surface area contributed by atoms with E-state index in [4.69, 9.17) is 5.11 Å². The summed E-state index contributed by atoms with van der Waals surface area (Å²) < 4.78 is 0. The van der Waals surface area contributed by atoms with Gasteiger partial charge in [0.05, 0.1) is 5.60 Å². The Hall–Kier alpha value is 1.82. The molecule has 2 nitrogen and oxygen atoms in total. The Morgan fingerprint density at radius 1 is 1.31 bits per heavy atom. The highest BCUT2D eigenvalue weighted by atomic mass is 128. The van der Waals surface area contributed by atoms with Crippen LogP contribution in [0.25, 0.3) is 0 Å². The van der Waals surface area contributed by atoms with E-state index < -0.39 is 5.60 Å². The molecular weight excluding hydrogens is 509 g/mol. The van der Waals surface area contributed by atoms with Gasteiger partial charge in [-0.15, -0.1) is 24.0 Å². The van der Waals surface area contributed by atoms with E-state index in [-0.39, 0.29) is 29.8 Å². The number of carbonyl (C=O) groups is 1. The monoisotopic (exact) mass is 528 g/mol. The molecule has 0 unspecified atom stereocenters. The Morgan fingerprint density at radius 3 is 1.38 bits per heavy atom. The van der Waals surface area contributed by atoms with Crippen LogP contribution >= 0.6 is 61.2 Å². The van der Waals surface area contributed by atoms with Crippen molar-refractivity contribution in [3.63, 3.8) is 0 Å². The van der Waals surface area contributed by atoms with Crippen molar-refractivity contribution in [3.8, 4) is 0 Å². The van der Waals surface area contributed by atoms with Crippen molar-refractivity contribution in [2.45, 2.75) is 46.6 Å². The highest BCUT2D eigenvalue weighted by Crippen LogP contribution is 2.03. The third kappa shape index (κ3) is 83.1. The summed E-state index contributed by atoms with van der Waals surface area (Å²) in [4.78, 5) is 9.44. The maximum atomic E-state index is 9.44. The summed E-state index contributed by atoms with van der Waals surface area (Å²) in [5.41, 5.74) is -0.458. The maximum Gasteiger partial charge on any atom is 0.126 e. The number of halogens is 3. The van der Waals surface area contributed by atoms with Crippen LogP contribution in [0.15, 0.2) is 0 Å². The molecule has 0 amide bonds. The lowest BCUT2D eigenvalue weighted by molar-refractivity contribution is -0.114. The molecule has 0 fully saturated rings. The second kappa shape index (κ2) is 16.3. The minimum absolute atomic E-state index is 0. The Kier molecular flexibility index (Phi) is 30.2. The Balaban J connectivity index is -0.0000000512. The lowest BCUT2D eigenvalue weighted by Crippen LogP contribution is -2.15. The molecule has 0 rings (SSSR count). The van der Waals surface area contributed by atoms with Gasteiger partial charge in [-0.3, -0.25) is 0 Å². The minimum Gasteiger partial charge on any atom is -0.390 e. The van der Waals surface area contributed by atoms with Gasteiger partial charge < -0.3 is 9.90 Å². The van der Waals surface area contributed by atoms with E-state index in [1.807, 2.05) is 6.92 Å². The van der Waals surface area contributed by atoms with Crippen molar-refractivity contribution in [1.82, 2.24) is 0 Å². The summed E-state index contributed by atoms with van der Waals surface area (Å²) in [7, 11) is 0. The van der Waals surface area contributed by atoms with E-state index in [1.165, 1.54) is 13.8 Å². The third-order valence-electron chi connectivity index (χ3n) is 0.865. The van der Waals surface area contributed by atoms with Gasteiger partial charge in [-0.25, -0.2) is 0 Å². The van der Waals surface area contributed by atoms with Gasteiger partial charge in [0, 0.05) is 37.2 Å². The summed E-state index contributed by atoms with van der Waals surface area (Å²) in [5, 5.41) is 8.83. The first-order valence-electron chi connectivity index (χ1n) is 3.63. The van der Waals surface area contributed by atoms with E-state index in [1.54, 1.807) is 13.8 Å². The molecule has 1 N–H and O–H groups in total. The van der Waals surface area contributed by atoms with Gasteiger partial charge in [0.1, 0.15) is 5.78 Å². The molecule has 5 heteroatoms. The second-order valence-electron chi connectivity index (χ2n) is 3.07. The van der Waals surface area contributed by atoms with Crippen LogP contribution in [0.4, 0.5) is 0 Å². The molecule has 0 aliphatic rings. The predicted molar refractivity (Wildman–Crippen MR) is 86.4 cm³/mol. The highest BCUT2D eigenvalue weighted by molar-refractivity contribution is 15.0. The van der Waals surface area contributed by atoms with Crippen LogP contribution < -0.4 is 0 Å². The fourth-order valence-electron chi connectivity index (χ4n) is 0. The zero-order valence-corrected chi connectivity index (χ0v) is 15.4. The van der Waals surface area contributed by atoms with Crippen molar-refractivity contribution >= 4 is 67.0 Å². The van der Waals surface area contributed by atoms with Crippen molar-refractivity contribution in [3.05, 3.63) is 0 Å². The number of aliphatic hydroxyl groups is 1. The second-order valence-corrected chi connectivity index (χ2v) is 3.07. The highest BCUT2D eigenvalue weighted by Gasteiger charge is 2.05. The van der Waals surface area contributed by atoms with Gasteiger partial charge in [-0.05, 0) is 34.1 Å². The fraction of sp³-hybridized carbons (Fsp3) is 0.875. The van der Waals surface area contributed by atoms with Crippen molar-refractivity contribution in [1.29, 1.82) is 0 Å². The maximum absolute atomic E-state index is 9.44. The lowest BCUT2D eigenvalue weighted by Gasteiger charge is -2.11. The van der Waals surface area contributed by atoms with Gasteiger partial charge in [-0.1, -0.05) is 6.92 Å². The summed E-state index contributed by atoms with van der Waals surface area (Å²) in [6, 6.07) is 0. The van der Waals surface area contributed by atoms with Crippen LogP contribution in [-0.2, 0) is 4.79 Å². The van der Waals surface area contributed by atoms with E-state index >= 15 is 0 Å². The molecule has 0 saturated heterocycles. The molecule has 0 radical (unpaired) electrons. The van der Waals surface area contributed by atoms with Gasteiger partial charge in [0.25, 0.3) is 0 Å². The van der Waals surface area contributed by atoms with Crippen LogP contribution in [0.5, 0.6) is 0 Å². The molecule has 0 aliphatic heterocycles. The van der Waals surface area contributed by atoms with E-state index in [0.717, 1.165) is 6.42 Å². The fourth-order valence-corrected chi connectivity index (χ4v) is 0. The van der Waals surface area contributed by atoms with E-state index in [9.17, 15) is 4.79 Å². The number of hydrogen-bond acceptors (Lipinski definition) is 2. The standard InChI is InChI=1S/C5H12O.C3H6O.I2.HI/c1-4-5(2,3)6;1-3(2)4;1-2;/h6H,4H2,1-3H3;1-2H3;;1H. The van der Waals surface area contributed by atoms with Crippen molar-refractivity contribution < 1.29 is 9.90 Å². The van der Waals surface area contributed by atoms with Crippen LogP contribution in [0, 0.1) is 0 Å². The Labute approximate surface area is 122 Å². The predicted octanol–water partition coefficient (Wildman–Crippen LogP) is 4.15. The van der Waals surface area contributed by atoms with Gasteiger partial charge in [-0.2, -0.15) is 0 Å². The molecule has 13 heavy (non-hydrogen) atoms.